The number of aromatic nitrogens is 2. The molecule has 1 N–H and O–H groups in total. The van der Waals surface area contributed by atoms with E-state index in [1.807, 2.05) is 48.3 Å². The van der Waals surface area contributed by atoms with Crippen LogP contribution in [0.4, 0.5) is 14.9 Å². The van der Waals surface area contributed by atoms with E-state index in [1.165, 1.54) is 29.0 Å². The Kier molecular flexibility index (Phi) is 6.95. The van der Waals surface area contributed by atoms with Gasteiger partial charge in [-0.1, -0.05) is 49.6 Å². The molecule has 0 spiro atoms. The summed E-state index contributed by atoms with van der Waals surface area (Å²) in [6.07, 6.45) is 8.07. The number of amides is 2. The molecular weight excluding hydrogens is 451 g/mol. The zero-order chi connectivity index (χ0) is 25.2. The molecule has 0 saturated heterocycles. The number of carbonyl (C=O) groups excluding carboxylic acids is 1. The Morgan fingerprint density at radius 3 is 2.67 bits per heavy atom. The summed E-state index contributed by atoms with van der Waals surface area (Å²) in [7, 11) is 1.83. The van der Waals surface area contributed by atoms with Gasteiger partial charge in [-0.15, -0.1) is 0 Å². The SMILES string of the molecule is CCCC(C[C@H]1CCC2=C1[C@@H](C)c1cnn(-c3ccc(F)cc3)c1C2)NC(=O)N(C)c1ccccc1. The van der Waals surface area contributed by atoms with E-state index in [0.717, 1.165) is 49.9 Å². The molecule has 5 rings (SSSR count). The Labute approximate surface area is 213 Å². The van der Waals surface area contributed by atoms with E-state index in [4.69, 9.17) is 0 Å². The van der Waals surface area contributed by atoms with Crippen LogP contribution in [0.15, 0.2) is 71.9 Å². The number of rotatable bonds is 7. The van der Waals surface area contributed by atoms with Gasteiger partial charge in [-0.3, -0.25) is 4.90 Å². The van der Waals surface area contributed by atoms with Crippen LogP contribution in [0, 0.1) is 11.7 Å². The minimum absolute atomic E-state index is 0.0496. The second-order valence-electron chi connectivity index (χ2n) is 10.2. The topological polar surface area (TPSA) is 50.2 Å². The van der Waals surface area contributed by atoms with E-state index < -0.39 is 0 Å². The molecule has 3 atom stereocenters. The van der Waals surface area contributed by atoms with Gasteiger partial charge in [0, 0.05) is 36.7 Å². The first-order valence-electron chi connectivity index (χ1n) is 13.1. The van der Waals surface area contributed by atoms with Gasteiger partial charge in [0.15, 0.2) is 0 Å². The third-order valence-corrected chi connectivity index (χ3v) is 7.91. The van der Waals surface area contributed by atoms with Crippen molar-refractivity contribution in [2.24, 2.45) is 5.92 Å². The number of nitrogens with zero attached hydrogens (tertiary/aromatic N) is 3. The number of benzene rings is 2. The van der Waals surface area contributed by atoms with E-state index in [-0.39, 0.29) is 17.9 Å². The molecule has 0 radical (unpaired) electrons. The van der Waals surface area contributed by atoms with Gasteiger partial charge in [0.05, 0.1) is 17.6 Å². The minimum atomic E-state index is -0.236. The number of hydrogen-bond donors (Lipinski definition) is 1. The molecule has 0 aliphatic heterocycles. The molecule has 1 heterocycles. The van der Waals surface area contributed by atoms with Crippen LogP contribution in [0.1, 0.15) is 63.1 Å². The summed E-state index contributed by atoms with van der Waals surface area (Å²) >= 11 is 0. The molecule has 2 aliphatic rings. The summed E-state index contributed by atoms with van der Waals surface area (Å²) in [4.78, 5) is 14.7. The summed E-state index contributed by atoms with van der Waals surface area (Å²) in [6.45, 7) is 4.47. The maximum atomic E-state index is 13.5. The summed E-state index contributed by atoms with van der Waals surface area (Å²) < 4.78 is 15.4. The normalized spacial score (nSPS) is 19.6. The molecule has 2 aliphatic carbocycles. The molecule has 36 heavy (non-hydrogen) atoms. The number of allylic oxidation sites excluding steroid dienone is 2. The summed E-state index contributed by atoms with van der Waals surface area (Å²) in [5.74, 6) is 0.534. The first-order chi connectivity index (χ1) is 17.5. The van der Waals surface area contributed by atoms with Crippen LogP contribution in [0.25, 0.3) is 5.69 Å². The molecule has 0 bridgehead atoms. The lowest BCUT2D eigenvalue weighted by atomic mass is 9.78. The highest BCUT2D eigenvalue weighted by Crippen LogP contribution is 2.48. The van der Waals surface area contributed by atoms with Gasteiger partial charge in [0.25, 0.3) is 0 Å². The van der Waals surface area contributed by atoms with E-state index in [9.17, 15) is 9.18 Å². The van der Waals surface area contributed by atoms with Crippen molar-refractivity contribution in [1.82, 2.24) is 15.1 Å². The molecular formula is C30H35FN4O. The van der Waals surface area contributed by atoms with Crippen LogP contribution in [-0.2, 0) is 6.42 Å². The van der Waals surface area contributed by atoms with Gasteiger partial charge in [-0.2, -0.15) is 5.10 Å². The zero-order valence-corrected chi connectivity index (χ0v) is 21.4. The van der Waals surface area contributed by atoms with Crippen molar-refractivity contribution in [3.63, 3.8) is 0 Å². The number of urea groups is 1. The summed E-state index contributed by atoms with van der Waals surface area (Å²) in [5, 5.41) is 8.00. The van der Waals surface area contributed by atoms with Gasteiger partial charge in [-0.05, 0) is 68.0 Å². The van der Waals surface area contributed by atoms with E-state index in [0.29, 0.717) is 11.8 Å². The van der Waals surface area contributed by atoms with Crippen LogP contribution >= 0.6 is 0 Å². The van der Waals surface area contributed by atoms with Gasteiger partial charge in [-0.25, -0.2) is 13.9 Å². The summed E-state index contributed by atoms with van der Waals surface area (Å²) in [5.41, 5.74) is 7.35. The Hall–Kier alpha value is -3.41. The van der Waals surface area contributed by atoms with Gasteiger partial charge < -0.3 is 5.32 Å². The van der Waals surface area contributed by atoms with Crippen LogP contribution in [0.2, 0.25) is 0 Å². The van der Waals surface area contributed by atoms with E-state index >= 15 is 0 Å². The highest BCUT2D eigenvalue weighted by Gasteiger charge is 2.37. The van der Waals surface area contributed by atoms with Gasteiger partial charge >= 0.3 is 6.03 Å². The lowest BCUT2D eigenvalue weighted by Crippen LogP contribution is -2.44. The Bertz CT molecular complexity index is 1250. The molecule has 3 aromatic rings. The van der Waals surface area contributed by atoms with Crippen LogP contribution in [0.3, 0.4) is 0 Å². The Balaban J connectivity index is 1.32. The predicted molar refractivity (Wildman–Crippen MR) is 142 cm³/mol. The molecule has 5 nitrogen and oxygen atoms in total. The van der Waals surface area contributed by atoms with Crippen molar-refractivity contribution in [2.45, 2.75) is 64.3 Å². The number of fused-ring (bicyclic) bond motifs is 1. The molecule has 1 unspecified atom stereocenters. The van der Waals surface area contributed by atoms with E-state index in [1.54, 1.807) is 22.6 Å². The molecule has 1 aromatic heterocycles. The third kappa shape index (κ3) is 4.69. The number of hydrogen-bond acceptors (Lipinski definition) is 2. The smallest absolute Gasteiger partial charge is 0.321 e. The van der Waals surface area contributed by atoms with Crippen molar-refractivity contribution >= 4 is 11.7 Å². The highest BCUT2D eigenvalue weighted by atomic mass is 19.1. The molecule has 2 amide bonds. The predicted octanol–water partition coefficient (Wildman–Crippen LogP) is 6.78. The lowest BCUT2D eigenvalue weighted by molar-refractivity contribution is 0.240. The van der Waals surface area contributed by atoms with Crippen LogP contribution in [0.5, 0.6) is 0 Å². The maximum absolute atomic E-state index is 13.5. The van der Waals surface area contributed by atoms with Crippen molar-refractivity contribution in [3.05, 3.63) is 89.0 Å². The van der Waals surface area contributed by atoms with Crippen molar-refractivity contribution < 1.29 is 9.18 Å². The third-order valence-electron chi connectivity index (χ3n) is 7.91. The molecule has 6 heteroatoms. The number of carbonyl (C=O) groups is 1. The fraction of sp³-hybridized carbons (Fsp3) is 0.400. The number of para-hydroxylation sites is 1. The Morgan fingerprint density at radius 2 is 1.94 bits per heavy atom. The lowest BCUT2D eigenvalue weighted by Gasteiger charge is -2.30. The van der Waals surface area contributed by atoms with Gasteiger partial charge in [0.1, 0.15) is 5.82 Å². The second kappa shape index (κ2) is 10.3. The Morgan fingerprint density at radius 1 is 1.19 bits per heavy atom. The quantitative estimate of drug-likeness (QED) is 0.374. The number of nitrogens with one attached hydrogen (secondary N) is 1. The molecule has 2 aromatic carbocycles. The first-order valence-corrected chi connectivity index (χ1v) is 13.1. The van der Waals surface area contributed by atoms with Crippen molar-refractivity contribution in [2.75, 3.05) is 11.9 Å². The van der Waals surface area contributed by atoms with E-state index in [2.05, 4.69) is 24.3 Å². The minimum Gasteiger partial charge on any atom is -0.335 e. The maximum Gasteiger partial charge on any atom is 0.321 e. The second-order valence-corrected chi connectivity index (χ2v) is 10.2. The fourth-order valence-corrected chi connectivity index (χ4v) is 6.11. The van der Waals surface area contributed by atoms with Gasteiger partial charge in [0.2, 0.25) is 0 Å². The van der Waals surface area contributed by atoms with Crippen molar-refractivity contribution in [3.8, 4) is 5.69 Å². The van der Waals surface area contributed by atoms with Crippen LogP contribution in [-0.4, -0.2) is 28.9 Å². The molecule has 0 saturated carbocycles. The molecule has 0 fully saturated rings. The van der Waals surface area contributed by atoms with Crippen LogP contribution < -0.4 is 10.2 Å². The highest BCUT2D eigenvalue weighted by molar-refractivity contribution is 5.91. The summed E-state index contributed by atoms with van der Waals surface area (Å²) in [6, 6.07) is 16.4. The van der Waals surface area contributed by atoms with Crippen molar-refractivity contribution in [1.29, 1.82) is 0 Å². The zero-order valence-electron chi connectivity index (χ0n) is 21.4. The number of halogens is 1. The monoisotopic (exact) mass is 486 g/mol. The standard InChI is InChI=1S/C30H35FN4O/c1-4-8-24(33-30(36)34(3)25-9-6-5-7-10-25)17-21-11-12-22-18-28-27(20(2)29(21)22)19-32-35(28)26-15-13-23(31)14-16-26/h5-7,9-10,13-16,19-21,24H,4,8,11-12,17-18H2,1-3H3,(H,33,36)/t20-,21+,24?/m0/s1. The average molecular weight is 487 g/mol. The largest absolute Gasteiger partial charge is 0.335 e. The first kappa shape index (κ1) is 24.3. The average Bonchev–Trinajstić information content (AvgIpc) is 3.50. The number of anilines is 1. The molecule has 188 valence electrons. The fourth-order valence-electron chi connectivity index (χ4n) is 6.11.